The van der Waals surface area contributed by atoms with Crippen LogP contribution in [0.3, 0.4) is 0 Å². The van der Waals surface area contributed by atoms with Gasteiger partial charge in [0.2, 0.25) is 0 Å². The second-order valence-corrected chi connectivity index (χ2v) is 12.0. The lowest BCUT2D eigenvalue weighted by molar-refractivity contribution is 1.17. The molecule has 9 aromatic rings. The first kappa shape index (κ1) is 27.4. The number of benzene rings is 7. The van der Waals surface area contributed by atoms with E-state index in [1.807, 2.05) is 48.5 Å². The Bertz CT molecular complexity index is 2760. The van der Waals surface area contributed by atoms with Crippen molar-refractivity contribution in [2.45, 2.75) is 0 Å². The smallest absolute Gasteiger partial charge is 0.102 e. The first-order valence-corrected chi connectivity index (χ1v) is 15.9. The van der Waals surface area contributed by atoms with Gasteiger partial charge >= 0.3 is 0 Å². The van der Waals surface area contributed by atoms with Crippen molar-refractivity contribution >= 4 is 43.6 Å². The molecular formula is C44H26N4. The summed E-state index contributed by atoms with van der Waals surface area (Å²) < 4.78 is 4.47. The molecule has 48 heavy (non-hydrogen) atoms. The molecule has 7 aromatic carbocycles. The Morgan fingerprint density at radius 2 is 0.875 bits per heavy atom. The Hall–Kier alpha value is -6.88. The lowest BCUT2D eigenvalue weighted by Gasteiger charge is -2.16. The van der Waals surface area contributed by atoms with E-state index in [-0.39, 0.29) is 0 Å². The normalized spacial score (nSPS) is 11.3. The average molecular weight is 611 g/mol. The molecule has 0 spiro atoms. The van der Waals surface area contributed by atoms with Gasteiger partial charge in [0.25, 0.3) is 0 Å². The molecule has 0 saturated carbocycles. The molecule has 0 fully saturated rings. The van der Waals surface area contributed by atoms with Crippen molar-refractivity contribution in [2.24, 2.45) is 0 Å². The number of hydrogen-bond acceptors (Lipinski definition) is 2. The molecule has 2 heterocycles. The highest BCUT2D eigenvalue weighted by atomic mass is 15.0. The standard InChI is InChI=1S/C44H26N4/c45-27-29-23-24-37-36-16-4-8-21-42(36)48(44(37)25-29)39-18-5-1-13-33(39)31-12-9-11-30(26-31)32-17-10-22-43(38(32)28-46)47-40-19-6-2-14-34(40)35-15-3-7-20-41(35)47/h1-26H. The van der Waals surface area contributed by atoms with Crippen LogP contribution >= 0.6 is 0 Å². The molecule has 0 bridgehead atoms. The zero-order valence-electron chi connectivity index (χ0n) is 25.8. The number of nitrogens with zero attached hydrogens (tertiary/aromatic N) is 4. The topological polar surface area (TPSA) is 57.4 Å². The second kappa shape index (κ2) is 10.9. The Kier molecular flexibility index (Phi) is 6.22. The van der Waals surface area contributed by atoms with Crippen molar-refractivity contribution in [2.75, 3.05) is 0 Å². The summed E-state index contributed by atoms with van der Waals surface area (Å²) in [5, 5.41) is 25.0. The number of aromatic nitrogens is 2. The van der Waals surface area contributed by atoms with Crippen molar-refractivity contribution in [1.29, 1.82) is 10.5 Å². The van der Waals surface area contributed by atoms with Gasteiger partial charge in [-0.1, -0.05) is 109 Å². The molecule has 0 aliphatic heterocycles. The van der Waals surface area contributed by atoms with E-state index < -0.39 is 0 Å². The van der Waals surface area contributed by atoms with Crippen LogP contribution in [0.2, 0.25) is 0 Å². The highest BCUT2D eigenvalue weighted by Gasteiger charge is 2.19. The third-order valence-electron chi connectivity index (χ3n) is 9.41. The van der Waals surface area contributed by atoms with Crippen LogP contribution in [-0.2, 0) is 0 Å². The first-order valence-electron chi connectivity index (χ1n) is 15.9. The number of para-hydroxylation sites is 4. The summed E-state index contributed by atoms with van der Waals surface area (Å²) in [4.78, 5) is 0. The fourth-order valence-electron chi connectivity index (χ4n) is 7.33. The van der Waals surface area contributed by atoms with Crippen molar-refractivity contribution in [3.05, 3.63) is 169 Å². The third kappa shape index (κ3) is 4.07. The minimum Gasteiger partial charge on any atom is -0.309 e. The van der Waals surface area contributed by atoms with Crippen LogP contribution in [0.5, 0.6) is 0 Å². The molecule has 4 heteroatoms. The molecule has 0 saturated heterocycles. The molecule has 0 radical (unpaired) electrons. The van der Waals surface area contributed by atoms with Gasteiger partial charge in [0.1, 0.15) is 6.07 Å². The molecule has 0 atom stereocenters. The summed E-state index contributed by atoms with van der Waals surface area (Å²) in [6, 6.07) is 58.9. The van der Waals surface area contributed by atoms with E-state index in [0.717, 1.165) is 77.2 Å². The van der Waals surface area contributed by atoms with Crippen LogP contribution in [0.4, 0.5) is 0 Å². The summed E-state index contributed by atoms with van der Waals surface area (Å²) in [7, 11) is 0. The van der Waals surface area contributed by atoms with E-state index in [4.69, 9.17) is 0 Å². The van der Waals surface area contributed by atoms with Gasteiger partial charge in [-0.25, -0.2) is 0 Å². The van der Waals surface area contributed by atoms with Gasteiger partial charge in [0.05, 0.1) is 50.6 Å². The Balaban J connectivity index is 1.24. The van der Waals surface area contributed by atoms with E-state index in [2.05, 4.69) is 130 Å². The Morgan fingerprint density at radius 1 is 0.375 bits per heavy atom. The molecule has 0 N–H and O–H groups in total. The average Bonchev–Trinajstić information content (AvgIpc) is 3.67. The van der Waals surface area contributed by atoms with Crippen molar-refractivity contribution in [1.82, 2.24) is 9.13 Å². The first-order chi connectivity index (χ1) is 23.7. The summed E-state index contributed by atoms with van der Waals surface area (Å²) >= 11 is 0. The summed E-state index contributed by atoms with van der Waals surface area (Å²) in [6.45, 7) is 0. The highest BCUT2D eigenvalue weighted by molar-refractivity contribution is 6.11. The van der Waals surface area contributed by atoms with Crippen molar-refractivity contribution < 1.29 is 0 Å². The Morgan fingerprint density at radius 3 is 1.52 bits per heavy atom. The lowest BCUT2D eigenvalue weighted by atomic mass is 9.94. The second-order valence-electron chi connectivity index (χ2n) is 12.0. The quantitative estimate of drug-likeness (QED) is 0.199. The molecule has 4 nitrogen and oxygen atoms in total. The molecule has 0 aliphatic rings. The Labute approximate surface area is 277 Å². The molecule has 0 amide bonds. The highest BCUT2D eigenvalue weighted by Crippen LogP contribution is 2.39. The fourth-order valence-corrected chi connectivity index (χ4v) is 7.33. The molecule has 0 aliphatic carbocycles. The van der Waals surface area contributed by atoms with Crippen molar-refractivity contribution in [3.63, 3.8) is 0 Å². The van der Waals surface area contributed by atoms with Gasteiger partial charge in [0.15, 0.2) is 0 Å². The maximum atomic E-state index is 10.7. The van der Waals surface area contributed by atoms with Crippen LogP contribution in [-0.4, -0.2) is 9.13 Å². The van der Waals surface area contributed by atoms with Crippen LogP contribution < -0.4 is 0 Å². The number of fused-ring (bicyclic) bond motifs is 6. The number of nitriles is 2. The molecule has 2 aromatic heterocycles. The molecule has 0 unspecified atom stereocenters. The van der Waals surface area contributed by atoms with E-state index in [9.17, 15) is 10.5 Å². The zero-order chi connectivity index (χ0) is 32.2. The van der Waals surface area contributed by atoms with E-state index in [0.29, 0.717) is 11.1 Å². The fraction of sp³-hybridized carbons (Fsp3) is 0. The van der Waals surface area contributed by atoms with Gasteiger partial charge in [-0.2, -0.15) is 10.5 Å². The monoisotopic (exact) mass is 610 g/mol. The molecule has 222 valence electrons. The zero-order valence-corrected chi connectivity index (χ0v) is 25.8. The number of rotatable bonds is 4. The van der Waals surface area contributed by atoms with Gasteiger partial charge < -0.3 is 9.13 Å². The van der Waals surface area contributed by atoms with E-state index in [1.165, 1.54) is 0 Å². The van der Waals surface area contributed by atoms with Gasteiger partial charge in [-0.3, -0.25) is 0 Å². The summed E-state index contributed by atoms with van der Waals surface area (Å²) in [5.74, 6) is 0. The maximum Gasteiger partial charge on any atom is 0.102 e. The van der Waals surface area contributed by atoms with Gasteiger partial charge in [-0.05, 0) is 59.7 Å². The minimum atomic E-state index is 0.623. The third-order valence-corrected chi connectivity index (χ3v) is 9.41. The largest absolute Gasteiger partial charge is 0.309 e. The molecular weight excluding hydrogens is 585 g/mol. The predicted molar refractivity (Wildman–Crippen MR) is 195 cm³/mol. The summed E-state index contributed by atoms with van der Waals surface area (Å²) in [6.07, 6.45) is 0. The van der Waals surface area contributed by atoms with Crippen LogP contribution in [0.15, 0.2) is 158 Å². The number of hydrogen-bond donors (Lipinski definition) is 0. The van der Waals surface area contributed by atoms with Crippen LogP contribution in [0.1, 0.15) is 11.1 Å². The van der Waals surface area contributed by atoms with E-state index in [1.54, 1.807) is 0 Å². The van der Waals surface area contributed by atoms with Crippen LogP contribution in [0, 0.1) is 22.7 Å². The maximum absolute atomic E-state index is 10.7. The summed E-state index contributed by atoms with van der Waals surface area (Å²) in [5.41, 5.74) is 11.3. The van der Waals surface area contributed by atoms with Gasteiger partial charge in [-0.15, -0.1) is 0 Å². The van der Waals surface area contributed by atoms with E-state index >= 15 is 0 Å². The minimum absolute atomic E-state index is 0.623. The lowest BCUT2D eigenvalue weighted by Crippen LogP contribution is -2.00. The van der Waals surface area contributed by atoms with Crippen molar-refractivity contribution in [3.8, 4) is 45.8 Å². The van der Waals surface area contributed by atoms with Crippen LogP contribution in [0.25, 0.3) is 77.2 Å². The SMILES string of the molecule is N#Cc1ccc2c3ccccc3n(-c3ccccc3-c3cccc(-c4cccc(-n5c6ccccc6c6ccccc65)c4C#N)c3)c2c1. The molecule has 9 rings (SSSR count). The predicted octanol–water partition coefficient (Wildman–Crippen LogP) is 11.0. The van der Waals surface area contributed by atoms with Gasteiger partial charge in [0, 0.05) is 32.7 Å².